The monoisotopic (exact) mass is 261 g/mol. The van der Waals surface area contributed by atoms with E-state index in [0.717, 1.165) is 5.56 Å². The van der Waals surface area contributed by atoms with E-state index in [2.05, 4.69) is 11.3 Å². The summed E-state index contributed by atoms with van der Waals surface area (Å²) in [5.74, 6) is 0.0802. The number of benzene rings is 1. The quantitative estimate of drug-likeness (QED) is 0.353. The Morgan fingerprint density at radius 1 is 1.37 bits per heavy atom. The Labute approximate surface area is 113 Å². The lowest BCUT2D eigenvalue weighted by atomic mass is 9.95. The van der Waals surface area contributed by atoms with Gasteiger partial charge < -0.3 is 4.74 Å². The summed E-state index contributed by atoms with van der Waals surface area (Å²) in [6, 6.07) is 7.07. The van der Waals surface area contributed by atoms with Crippen LogP contribution in [-0.4, -0.2) is 18.5 Å². The molecule has 4 nitrogen and oxygen atoms in total. The molecule has 19 heavy (non-hydrogen) atoms. The second-order valence-electron chi connectivity index (χ2n) is 4.68. The van der Waals surface area contributed by atoms with E-state index in [9.17, 15) is 9.59 Å². The van der Waals surface area contributed by atoms with Gasteiger partial charge in [-0.3, -0.25) is 15.3 Å². The summed E-state index contributed by atoms with van der Waals surface area (Å²) >= 11 is 0. The van der Waals surface area contributed by atoms with Gasteiger partial charge in [-0.05, 0) is 17.1 Å². The van der Waals surface area contributed by atoms with Crippen molar-refractivity contribution in [1.82, 2.24) is 0 Å². The van der Waals surface area contributed by atoms with Crippen molar-refractivity contribution in [3.8, 4) is 0 Å². The van der Waals surface area contributed by atoms with Crippen LogP contribution in [0.2, 0.25) is 0 Å². The highest BCUT2D eigenvalue weighted by Gasteiger charge is 2.13. The Morgan fingerprint density at radius 2 is 1.95 bits per heavy atom. The maximum Gasteiger partial charge on any atom is 0.294 e. The minimum Gasteiger partial charge on any atom is -0.449 e. The van der Waals surface area contributed by atoms with Gasteiger partial charge in [0, 0.05) is 12.0 Å². The highest BCUT2D eigenvalue weighted by molar-refractivity contribution is 6.08. The van der Waals surface area contributed by atoms with Gasteiger partial charge in [-0.25, -0.2) is 0 Å². The number of ether oxygens (including phenoxy) is 1. The van der Waals surface area contributed by atoms with Gasteiger partial charge in [0.05, 0.1) is 0 Å². The third kappa shape index (κ3) is 4.34. The fourth-order valence-electron chi connectivity index (χ4n) is 1.59. The molecule has 102 valence electrons. The molecule has 1 rings (SSSR count). The van der Waals surface area contributed by atoms with Crippen LogP contribution in [0, 0.1) is 5.92 Å². The molecule has 0 fully saturated rings. The Bertz CT molecular complexity index is 463. The molecule has 0 saturated carbocycles. The van der Waals surface area contributed by atoms with Crippen LogP contribution in [0.1, 0.15) is 29.8 Å². The van der Waals surface area contributed by atoms with Crippen molar-refractivity contribution < 1.29 is 14.3 Å². The van der Waals surface area contributed by atoms with Crippen LogP contribution < -0.4 is 5.73 Å². The maximum absolute atomic E-state index is 12.0. The summed E-state index contributed by atoms with van der Waals surface area (Å²) in [6.07, 6.45) is -0.247. The first-order valence-electron chi connectivity index (χ1n) is 6.12. The molecule has 1 unspecified atom stereocenters. The van der Waals surface area contributed by atoms with E-state index in [-0.39, 0.29) is 11.7 Å². The molecule has 2 N–H and O–H groups in total. The number of Topliss-reactive ketones (excluding diaryl/α,β-unsaturated/α-hetero) is 1. The molecular formula is C15H19NO3. The number of carbonyl (C=O) groups is 2. The molecule has 0 aliphatic rings. The predicted octanol–water partition coefficient (Wildman–Crippen LogP) is 2.08. The second kappa shape index (κ2) is 6.85. The molecule has 0 heterocycles. The molecule has 0 radical (unpaired) electrons. The van der Waals surface area contributed by atoms with Gasteiger partial charge in [0.1, 0.15) is 0 Å². The zero-order valence-electron chi connectivity index (χ0n) is 11.3. The second-order valence-corrected chi connectivity index (χ2v) is 4.68. The SMILES string of the molecule is C=C(C(=O)c1ccc(CC(N)OC=O)cc1)C(C)C. The van der Waals surface area contributed by atoms with Gasteiger partial charge in [0.2, 0.25) is 0 Å². The standard InChI is InChI=1S/C15H19NO3/c1-10(2)11(3)15(18)13-6-4-12(5-7-13)8-14(16)19-9-17/h4-7,9-10,14H,3,8,16H2,1-2H3. The van der Waals surface area contributed by atoms with Gasteiger partial charge in [0.25, 0.3) is 6.47 Å². The van der Waals surface area contributed by atoms with Gasteiger partial charge in [-0.1, -0.05) is 44.7 Å². The zero-order valence-corrected chi connectivity index (χ0v) is 11.3. The number of allylic oxidation sites excluding steroid dienone is 1. The van der Waals surface area contributed by atoms with Gasteiger partial charge >= 0.3 is 0 Å². The molecular weight excluding hydrogens is 242 g/mol. The normalized spacial score (nSPS) is 12.0. The van der Waals surface area contributed by atoms with Crippen LogP contribution in [0.5, 0.6) is 0 Å². The van der Waals surface area contributed by atoms with Crippen molar-refractivity contribution in [2.75, 3.05) is 0 Å². The minimum absolute atomic E-state index is 0.0463. The van der Waals surface area contributed by atoms with Crippen molar-refractivity contribution in [3.05, 3.63) is 47.5 Å². The highest BCUT2D eigenvalue weighted by atomic mass is 16.5. The molecule has 0 aliphatic carbocycles. The van der Waals surface area contributed by atoms with Gasteiger partial charge in [-0.2, -0.15) is 0 Å². The molecule has 0 aliphatic heterocycles. The van der Waals surface area contributed by atoms with E-state index in [0.29, 0.717) is 24.0 Å². The fraction of sp³-hybridized carbons (Fsp3) is 0.333. The lowest BCUT2D eigenvalue weighted by Crippen LogP contribution is -2.25. The summed E-state index contributed by atoms with van der Waals surface area (Å²) in [7, 11) is 0. The number of nitrogens with two attached hydrogens (primary N) is 1. The first-order valence-corrected chi connectivity index (χ1v) is 6.12. The Morgan fingerprint density at radius 3 is 2.42 bits per heavy atom. The summed E-state index contributed by atoms with van der Waals surface area (Å²) in [5, 5.41) is 0. The first kappa shape index (κ1) is 15.1. The van der Waals surface area contributed by atoms with E-state index < -0.39 is 6.23 Å². The van der Waals surface area contributed by atoms with Crippen LogP contribution in [-0.2, 0) is 16.0 Å². The molecule has 4 heteroatoms. The largest absolute Gasteiger partial charge is 0.449 e. The molecule has 0 saturated heterocycles. The number of rotatable bonds is 7. The molecule has 0 amide bonds. The Kier molecular flexibility index (Phi) is 5.45. The van der Waals surface area contributed by atoms with Crippen molar-refractivity contribution in [2.45, 2.75) is 26.5 Å². The molecule has 1 atom stereocenters. The Hall–Kier alpha value is -1.94. The van der Waals surface area contributed by atoms with Gasteiger partial charge in [0.15, 0.2) is 12.0 Å². The van der Waals surface area contributed by atoms with Crippen LogP contribution >= 0.6 is 0 Å². The van der Waals surface area contributed by atoms with Crippen LogP contribution in [0.3, 0.4) is 0 Å². The zero-order chi connectivity index (χ0) is 14.4. The van der Waals surface area contributed by atoms with Crippen molar-refractivity contribution in [2.24, 2.45) is 11.7 Å². The van der Waals surface area contributed by atoms with Crippen molar-refractivity contribution in [3.63, 3.8) is 0 Å². The topological polar surface area (TPSA) is 69.4 Å². The third-order valence-electron chi connectivity index (χ3n) is 2.87. The van der Waals surface area contributed by atoms with Crippen LogP contribution in [0.4, 0.5) is 0 Å². The highest BCUT2D eigenvalue weighted by Crippen LogP contribution is 2.15. The molecule has 1 aromatic rings. The number of ketones is 1. The summed E-state index contributed by atoms with van der Waals surface area (Å²) in [4.78, 5) is 22.2. The van der Waals surface area contributed by atoms with Crippen LogP contribution in [0.25, 0.3) is 0 Å². The van der Waals surface area contributed by atoms with E-state index >= 15 is 0 Å². The first-order chi connectivity index (χ1) is 8.95. The smallest absolute Gasteiger partial charge is 0.294 e. The Balaban J connectivity index is 2.74. The number of carbonyl (C=O) groups excluding carboxylic acids is 2. The van der Waals surface area contributed by atoms with Crippen molar-refractivity contribution in [1.29, 1.82) is 0 Å². The van der Waals surface area contributed by atoms with E-state index in [1.807, 2.05) is 13.8 Å². The van der Waals surface area contributed by atoms with Crippen LogP contribution in [0.15, 0.2) is 36.4 Å². The average molecular weight is 261 g/mol. The number of hydrogen-bond donors (Lipinski definition) is 1. The summed E-state index contributed by atoms with van der Waals surface area (Å²) < 4.78 is 4.61. The summed E-state index contributed by atoms with van der Waals surface area (Å²) in [6.45, 7) is 8.00. The number of hydrogen-bond acceptors (Lipinski definition) is 4. The van der Waals surface area contributed by atoms with Crippen molar-refractivity contribution >= 4 is 12.3 Å². The molecule has 1 aromatic carbocycles. The fourth-order valence-corrected chi connectivity index (χ4v) is 1.59. The molecule has 0 bridgehead atoms. The lowest BCUT2D eigenvalue weighted by Gasteiger charge is -2.11. The predicted molar refractivity (Wildman–Crippen MR) is 73.6 cm³/mol. The average Bonchev–Trinajstić information content (AvgIpc) is 2.38. The van der Waals surface area contributed by atoms with E-state index in [1.165, 1.54) is 0 Å². The lowest BCUT2D eigenvalue weighted by molar-refractivity contribution is -0.133. The molecule has 0 aromatic heterocycles. The maximum atomic E-state index is 12.0. The third-order valence-corrected chi connectivity index (χ3v) is 2.87. The summed E-state index contributed by atoms with van der Waals surface area (Å²) in [5.41, 5.74) is 7.67. The minimum atomic E-state index is -0.662. The molecule has 0 spiro atoms. The van der Waals surface area contributed by atoms with E-state index in [4.69, 9.17) is 5.73 Å². The van der Waals surface area contributed by atoms with E-state index in [1.54, 1.807) is 24.3 Å². The van der Waals surface area contributed by atoms with Gasteiger partial charge in [-0.15, -0.1) is 0 Å².